The fourth-order valence-corrected chi connectivity index (χ4v) is 3.62. The maximum atomic E-state index is 11.8. The van der Waals surface area contributed by atoms with Crippen molar-refractivity contribution in [2.45, 2.75) is 32.2 Å². The van der Waals surface area contributed by atoms with Gasteiger partial charge in [0.25, 0.3) is 0 Å². The molecule has 1 aliphatic rings. The van der Waals surface area contributed by atoms with Crippen LogP contribution in [-0.2, 0) is 0 Å². The number of likely N-dealkylation sites (tertiary alicyclic amines) is 1. The van der Waals surface area contributed by atoms with Crippen LogP contribution in [0.3, 0.4) is 0 Å². The van der Waals surface area contributed by atoms with E-state index >= 15 is 0 Å². The first kappa shape index (κ1) is 17.2. The number of hydrogen-bond donors (Lipinski definition) is 3. The molecule has 6 heteroatoms. The van der Waals surface area contributed by atoms with Crippen molar-refractivity contribution in [2.24, 2.45) is 5.92 Å². The minimum Gasteiger partial charge on any atom is -0.396 e. The summed E-state index contributed by atoms with van der Waals surface area (Å²) in [6.45, 7) is 5.73. The maximum Gasteiger partial charge on any atom is 0.314 e. The second-order valence-electron chi connectivity index (χ2n) is 5.96. The van der Waals surface area contributed by atoms with Gasteiger partial charge in [-0.15, -0.1) is 11.3 Å². The van der Waals surface area contributed by atoms with Crippen molar-refractivity contribution in [3.05, 3.63) is 22.4 Å². The second-order valence-corrected chi connectivity index (χ2v) is 6.94. The number of piperidine rings is 1. The van der Waals surface area contributed by atoms with Gasteiger partial charge >= 0.3 is 6.03 Å². The number of thiophene rings is 1. The van der Waals surface area contributed by atoms with Gasteiger partial charge in [-0.05, 0) is 49.7 Å². The molecule has 0 aliphatic carbocycles. The molecule has 22 heavy (non-hydrogen) atoms. The van der Waals surface area contributed by atoms with Gasteiger partial charge in [-0.2, -0.15) is 0 Å². The zero-order valence-corrected chi connectivity index (χ0v) is 14.1. The molecule has 3 N–H and O–H groups in total. The Kier molecular flexibility index (Phi) is 7.15. The molecule has 1 fully saturated rings. The topological polar surface area (TPSA) is 64.6 Å². The number of carbonyl (C=O) groups is 1. The van der Waals surface area contributed by atoms with E-state index < -0.39 is 0 Å². The third-order valence-corrected chi connectivity index (χ3v) is 5.18. The first-order chi connectivity index (χ1) is 10.7. The predicted octanol–water partition coefficient (Wildman–Crippen LogP) is 2.20. The van der Waals surface area contributed by atoms with Crippen molar-refractivity contribution in [3.63, 3.8) is 0 Å². The van der Waals surface area contributed by atoms with Gasteiger partial charge in [0.05, 0.1) is 6.04 Å². The lowest BCUT2D eigenvalue weighted by Gasteiger charge is -2.36. The molecule has 0 bridgehead atoms. The Labute approximate surface area is 136 Å². The first-order valence-corrected chi connectivity index (χ1v) is 8.98. The maximum absolute atomic E-state index is 11.8. The third kappa shape index (κ3) is 5.26. The summed E-state index contributed by atoms with van der Waals surface area (Å²) in [6, 6.07) is 4.33. The molecule has 1 aromatic heterocycles. The van der Waals surface area contributed by atoms with Gasteiger partial charge in [-0.25, -0.2) is 4.79 Å². The largest absolute Gasteiger partial charge is 0.396 e. The van der Waals surface area contributed by atoms with Gasteiger partial charge < -0.3 is 15.7 Å². The Morgan fingerprint density at radius 3 is 2.86 bits per heavy atom. The number of amides is 2. The highest BCUT2D eigenvalue weighted by atomic mass is 32.1. The summed E-state index contributed by atoms with van der Waals surface area (Å²) >= 11 is 1.75. The molecule has 0 aromatic carbocycles. The zero-order chi connectivity index (χ0) is 15.8. The number of aliphatic hydroxyl groups is 1. The van der Waals surface area contributed by atoms with Crippen LogP contribution in [0.15, 0.2) is 17.5 Å². The first-order valence-electron chi connectivity index (χ1n) is 8.10. The molecule has 2 rings (SSSR count). The van der Waals surface area contributed by atoms with E-state index in [0.29, 0.717) is 19.5 Å². The molecule has 1 aromatic rings. The lowest BCUT2D eigenvalue weighted by molar-refractivity contribution is 0.138. The Morgan fingerprint density at radius 2 is 2.23 bits per heavy atom. The number of nitrogens with one attached hydrogen (secondary N) is 2. The van der Waals surface area contributed by atoms with Crippen molar-refractivity contribution in [1.29, 1.82) is 0 Å². The minimum atomic E-state index is -0.152. The number of rotatable bonds is 7. The fraction of sp³-hybridized carbons (Fsp3) is 0.688. The molecule has 0 saturated carbocycles. The summed E-state index contributed by atoms with van der Waals surface area (Å²) in [4.78, 5) is 15.6. The Balaban J connectivity index is 1.87. The van der Waals surface area contributed by atoms with Crippen LogP contribution in [0.2, 0.25) is 0 Å². The minimum absolute atomic E-state index is 0.101. The highest BCUT2D eigenvalue weighted by Crippen LogP contribution is 2.28. The van der Waals surface area contributed by atoms with E-state index in [1.165, 1.54) is 17.7 Å². The number of carbonyl (C=O) groups excluding carboxylic acids is 1. The fourth-order valence-electron chi connectivity index (χ4n) is 2.76. The molecule has 0 radical (unpaired) electrons. The smallest absolute Gasteiger partial charge is 0.314 e. The van der Waals surface area contributed by atoms with Gasteiger partial charge in [0.1, 0.15) is 0 Å². The summed E-state index contributed by atoms with van der Waals surface area (Å²) in [7, 11) is 0. The average Bonchev–Trinajstić information content (AvgIpc) is 3.04. The molecule has 1 atom stereocenters. The van der Waals surface area contributed by atoms with Crippen molar-refractivity contribution >= 4 is 17.4 Å². The van der Waals surface area contributed by atoms with Crippen LogP contribution in [0.4, 0.5) is 4.79 Å². The molecule has 2 amide bonds. The van der Waals surface area contributed by atoms with Gasteiger partial charge in [0, 0.05) is 24.6 Å². The van der Waals surface area contributed by atoms with E-state index in [9.17, 15) is 4.79 Å². The lowest BCUT2D eigenvalue weighted by atomic mass is 9.97. The summed E-state index contributed by atoms with van der Waals surface area (Å²) in [5, 5.41) is 16.6. The van der Waals surface area contributed by atoms with Crippen LogP contribution in [0.25, 0.3) is 0 Å². The average molecular weight is 325 g/mol. The highest BCUT2D eigenvalue weighted by Gasteiger charge is 2.25. The van der Waals surface area contributed by atoms with Gasteiger partial charge in [-0.3, -0.25) is 4.90 Å². The van der Waals surface area contributed by atoms with Crippen molar-refractivity contribution in [2.75, 3.05) is 32.8 Å². The molecular formula is C16H27N3O2S. The summed E-state index contributed by atoms with van der Waals surface area (Å²) in [6.07, 6.45) is 3.04. The van der Waals surface area contributed by atoms with E-state index in [4.69, 9.17) is 5.11 Å². The Bertz CT molecular complexity index is 431. The van der Waals surface area contributed by atoms with Gasteiger partial charge in [-0.1, -0.05) is 13.0 Å². The quantitative estimate of drug-likeness (QED) is 0.674. The van der Waals surface area contributed by atoms with E-state index in [1.54, 1.807) is 11.3 Å². The SMILES string of the molecule is CC1CCN(C(CNC(=O)NCCCO)c2cccs2)CC1. The summed E-state index contributed by atoms with van der Waals surface area (Å²) in [5.74, 6) is 0.801. The van der Waals surface area contributed by atoms with Gasteiger partial charge in [0.15, 0.2) is 0 Å². The number of aliphatic hydroxyl groups excluding tert-OH is 1. The molecule has 1 aliphatic heterocycles. The summed E-state index contributed by atoms with van der Waals surface area (Å²) in [5.41, 5.74) is 0. The summed E-state index contributed by atoms with van der Waals surface area (Å²) < 4.78 is 0. The predicted molar refractivity (Wildman–Crippen MR) is 90.1 cm³/mol. The second kappa shape index (κ2) is 9.12. The van der Waals surface area contributed by atoms with E-state index in [0.717, 1.165) is 19.0 Å². The Hall–Kier alpha value is -1.11. The highest BCUT2D eigenvalue weighted by molar-refractivity contribution is 7.10. The normalized spacial score (nSPS) is 18.1. The standard InChI is InChI=1S/C16H27N3O2S/c1-13-5-8-19(9-6-13)14(15-4-2-11-22-15)12-18-16(21)17-7-3-10-20/h2,4,11,13-14,20H,3,5-10,12H2,1H3,(H2,17,18,21). The Morgan fingerprint density at radius 1 is 1.45 bits per heavy atom. The van der Waals surface area contributed by atoms with Crippen molar-refractivity contribution in [3.8, 4) is 0 Å². The van der Waals surface area contributed by atoms with Crippen molar-refractivity contribution < 1.29 is 9.90 Å². The molecule has 1 saturated heterocycles. The van der Waals surface area contributed by atoms with Gasteiger partial charge in [0.2, 0.25) is 0 Å². The molecule has 0 spiro atoms. The molecule has 2 heterocycles. The van der Waals surface area contributed by atoms with E-state index in [-0.39, 0.29) is 18.7 Å². The van der Waals surface area contributed by atoms with Crippen LogP contribution in [0, 0.1) is 5.92 Å². The third-order valence-electron chi connectivity index (χ3n) is 4.21. The molecular weight excluding hydrogens is 298 g/mol. The zero-order valence-electron chi connectivity index (χ0n) is 13.3. The lowest BCUT2D eigenvalue weighted by Crippen LogP contribution is -2.44. The molecule has 5 nitrogen and oxygen atoms in total. The number of nitrogens with zero attached hydrogens (tertiary/aromatic N) is 1. The van der Waals surface area contributed by atoms with Crippen LogP contribution < -0.4 is 10.6 Å². The van der Waals surface area contributed by atoms with E-state index in [1.807, 2.05) is 0 Å². The number of urea groups is 1. The van der Waals surface area contributed by atoms with Crippen LogP contribution in [-0.4, -0.2) is 48.8 Å². The molecule has 124 valence electrons. The van der Waals surface area contributed by atoms with Crippen LogP contribution >= 0.6 is 11.3 Å². The van der Waals surface area contributed by atoms with E-state index in [2.05, 4.69) is 40.0 Å². The number of hydrogen-bond acceptors (Lipinski definition) is 4. The van der Waals surface area contributed by atoms with Crippen LogP contribution in [0.5, 0.6) is 0 Å². The van der Waals surface area contributed by atoms with Crippen molar-refractivity contribution in [1.82, 2.24) is 15.5 Å². The monoisotopic (exact) mass is 325 g/mol. The van der Waals surface area contributed by atoms with Crippen LogP contribution in [0.1, 0.15) is 37.1 Å². The molecule has 1 unspecified atom stereocenters.